The van der Waals surface area contributed by atoms with Gasteiger partial charge in [0.1, 0.15) is 15.8 Å². The van der Waals surface area contributed by atoms with Crippen LogP contribution in [0.5, 0.6) is 11.5 Å². The van der Waals surface area contributed by atoms with Crippen LogP contribution in [0.1, 0.15) is 17.5 Å². The van der Waals surface area contributed by atoms with E-state index < -0.39 is 0 Å². The number of hydrogen-bond acceptors (Lipinski definition) is 5. The Bertz CT molecular complexity index is 973. The smallest absolute Gasteiger partial charge is 0.266 e. The molecule has 0 unspecified atom stereocenters. The van der Waals surface area contributed by atoms with E-state index in [1.54, 1.807) is 11.0 Å². The summed E-state index contributed by atoms with van der Waals surface area (Å²) in [6.07, 6.45) is 4.27. The average Bonchev–Trinajstić information content (AvgIpc) is 2.99. The molecule has 0 saturated carbocycles. The SMILES string of the molecule is C=CCN1C(=O)/C(=C/c2ccc(OCCCOc3ccc(Cl)c(C)c3)cc2)SC1=S. The summed E-state index contributed by atoms with van der Waals surface area (Å²) in [6.45, 7) is 7.15. The Kier molecular flexibility index (Phi) is 7.96. The third-order valence-corrected chi connectivity index (χ3v) is 6.12. The molecule has 0 atom stereocenters. The summed E-state index contributed by atoms with van der Waals surface area (Å²) in [5.74, 6) is 1.49. The van der Waals surface area contributed by atoms with Crippen LogP contribution in [0, 0.1) is 6.92 Å². The largest absolute Gasteiger partial charge is 0.493 e. The minimum absolute atomic E-state index is 0.0823. The fourth-order valence-electron chi connectivity index (χ4n) is 2.74. The quantitative estimate of drug-likeness (QED) is 0.202. The minimum atomic E-state index is -0.0823. The lowest BCUT2D eigenvalue weighted by molar-refractivity contribution is -0.121. The number of rotatable bonds is 9. The van der Waals surface area contributed by atoms with Gasteiger partial charge in [-0.25, -0.2) is 0 Å². The molecule has 7 heteroatoms. The maximum Gasteiger partial charge on any atom is 0.266 e. The highest BCUT2D eigenvalue weighted by Gasteiger charge is 2.30. The van der Waals surface area contributed by atoms with Gasteiger partial charge < -0.3 is 9.47 Å². The Morgan fingerprint density at radius 2 is 1.80 bits per heavy atom. The van der Waals surface area contributed by atoms with Gasteiger partial charge in [0.25, 0.3) is 5.91 Å². The molecule has 4 nitrogen and oxygen atoms in total. The maximum absolute atomic E-state index is 12.4. The maximum atomic E-state index is 12.4. The minimum Gasteiger partial charge on any atom is -0.493 e. The highest BCUT2D eigenvalue weighted by Crippen LogP contribution is 2.32. The summed E-state index contributed by atoms with van der Waals surface area (Å²) in [7, 11) is 0. The standard InChI is InChI=1S/C23H22ClNO3S2/c1-3-11-25-22(26)21(30-23(25)29)15-17-5-7-18(8-6-17)27-12-4-13-28-19-9-10-20(24)16(2)14-19/h3,5-10,14-15H,1,4,11-13H2,2H3/b21-15-. The van der Waals surface area contributed by atoms with Crippen molar-refractivity contribution in [2.75, 3.05) is 19.8 Å². The molecule has 0 spiro atoms. The molecule has 0 bridgehead atoms. The van der Waals surface area contributed by atoms with Gasteiger partial charge in [-0.2, -0.15) is 0 Å². The van der Waals surface area contributed by atoms with Crippen LogP contribution in [0.25, 0.3) is 6.08 Å². The summed E-state index contributed by atoms with van der Waals surface area (Å²) < 4.78 is 12.0. The number of hydrogen-bond donors (Lipinski definition) is 0. The lowest BCUT2D eigenvalue weighted by Gasteiger charge is -2.10. The Balaban J connectivity index is 1.45. The van der Waals surface area contributed by atoms with E-state index in [0.717, 1.165) is 34.1 Å². The first-order valence-electron chi connectivity index (χ1n) is 9.46. The fourth-order valence-corrected chi connectivity index (χ4v) is 4.14. The molecule has 2 aromatic carbocycles. The second-order valence-corrected chi connectivity index (χ2v) is 8.69. The molecule has 0 radical (unpaired) electrons. The second kappa shape index (κ2) is 10.7. The monoisotopic (exact) mass is 459 g/mol. The number of thiocarbonyl (C=S) groups is 1. The van der Waals surface area contributed by atoms with Gasteiger partial charge in [-0.3, -0.25) is 9.69 Å². The van der Waals surface area contributed by atoms with Crippen molar-refractivity contribution in [2.24, 2.45) is 0 Å². The first-order valence-corrected chi connectivity index (χ1v) is 11.1. The van der Waals surface area contributed by atoms with E-state index in [4.69, 9.17) is 33.3 Å². The normalized spacial score (nSPS) is 15.0. The zero-order chi connectivity index (χ0) is 21.5. The van der Waals surface area contributed by atoms with Crippen molar-refractivity contribution in [1.29, 1.82) is 0 Å². The predicted molar refractivity (Wildman–Crippen MR) is 128 cm³/mol. The number of halogens is 1. The molecule has 3 rings (SSSR count). The number of amides is 1. The molecule has 1 fully saturated rings. The van der Waals surface area contributed by atoms with Crippen LogP contribution in [-0.2, 0) is 4.79 Å². The lowest BCUT2D eigenvalue weighted by atomic mass is 10.2. The molecule has 1 amide bonds. The summed E-state index contributed by atoms with van der Waals surface area (Å²) in [4.78, 5) is 14.5. The van der Waals surface area contributed by atoms with Crippen molar-refractivity contribution in [2.45, 2.75) is 13.3 Å². The van der Waals surface area contributed by atoms with E-state index in [0.29, 0.717) is 29.0 Å². The molecule has 0 aliphatic carbocycles. The number of carbonyl (C=O) groups excluding carboxylic acids is 1. The number of benzene rings is 2. The first kappa shape index (κ1) is 22.4. The van der Waals surface area contributed by atoms with Crippen molar-refractivity contribution in [1.82, 2.24) is 4.90 Å². The predicted octanol–water partition coefficient (Wildman–Crippen LogP) is 5.88. The van der Waals surface area contributed by atoms with Crippen LogP contribution in [0.4, 0.5) is 0 Å². The van der Waals surface area contributed by atoms with Gasteiger partial charge in [-0.1, -0.05) is 53.8 Å². The highest BCUT2D eigenvalue weighted by atomic mass is 35.5. The van der Waals surface area contributed by atoms with Crippen LogP contribution in [0.15, 0.2) is 60.0 Å². The molecule has 1 heterocycles. The summed E-state index contributed by atoms with van der Waals surface area (Å²) in [5.41, 5.74) is 1.91. The number of aryl methyl sites for hydroxylation is 1. The molecule has 30 heavy (non-hydrogen) atoms. The number of ether oxygens (including phenoxy) is 2. The summed E-state index contributed by atoms with van der Waals surface area (Å²) >= 11 is 12.6. The molecule has 0 aromatic heterocycles. The van der Waals surface area contributed by atoms with Gasteiger partial charge in [0.15, 0.2) is 0 Å². The second-order valence-electron chi connectivity index (χ2n) is 6.61. The zero-order valence-electron chi connectivity index (χ0n) is 16.6. The van der Waals surface area contributed by atoms with E-state index in [-0.39, 0.29) is 5.91 Å². The molecular formula is C23H22ClNO3S2. The lowest BCUT2D eigenvalue weighted by Crippen LogP contribution is -2.27. The van der Waals surface area contributed by atoms with E-state index in [1.165, 1.54) is 11.8 Å². The number of carbonyl (C=O) groups is 1. The highest BCUT2D eigenvalue weighted by molar-refractivity contribution is 8.26. The molecule has 156 valence electrons. The van der Waals surface area contributed by atoms with E-state index in [9.17, 15) is 4.79 Å². The van der Waals surface area contributed by atoms with E-state index in [1.807, 2.05) is 55.5 Å². The molecule has 1 aliphatic rings. The van der Waals surface area contributed by atoms with E-state index >= 15 is 0 Å². The van der Waals surface area contributed by atoms with Crippen LogP contribution in [0.2, 0.25) is 5.02 Å². The zero-order valence-corrected chi connectivity index (χ0v) is 19.0. The van der Waals surface area contributed by atoms with Crippen LogP contribution >= 0.6 is 35.6 Å². The Hall–Kier alpha value is -2.28. The van der Waals surface area contributed by atoms with Gasteiger partial charge in [0.2, 0.25) is 0 Å². The Morgan fingerprint density at radius 1 is 1.13 bits per heavy atom. The summed E-state index contributed by atoms with van der Waals surface area (Å²) in [6, 6.07) is 13.2. The summed E-state index contributed by atoms with van der Waals surface area (Å²) in [5, 5.41) is 0.734. The third kappa shape index (κ3) is 5.88. The van der Waals surface area contributed by atoms with Crippen molar-refractivity contribution in [3.63, 3.8) is 0 Å². The number of thioether (sulfide) groups is 1. The van der Waals surface area contributed by atoms with Crippen molar-refractivity contribution < 1.29 is 14.3 Å². The Labute approximate surface area is 191 Å². The van der Waals surface area contributed by atoms with Crippen LogP contribution in [-0.4, -0.2) is 34.9 Å². The van der Waals surface area contributed by atoms with Gasteiger partial charge in [0, 0.05) is 18.0 Å². The number of nitrogens with zero attached hydrogens (tertiary/aromatic N) is 1. The van der Waals surface area contributed by atoms with Crippen molar-refractivity contribution >= 4 is 51.9 Å². The van der Waals surface area contributed by atoms with Crippen molar-refractivity contribution in [3.8, 4) is 11.5 Å². The average molecular weight is 460 g/mol. The van der Waals surface area contributed by atoms with Gasteiger partial charge in [-0.15, -0.1) is 6.58 Å². The molecule has 1 aliphatic heterocycles. The van der Waals surface area contributed by atoms with Crippen LogP contribution in [0.3, 0.4) is 0 Å². The molecular weight excluding hydrogens is 438 g/mol. The van der Waals surface area contributed by atoms with Gasteiger partial charge in [-0.05, 0) is 54.5 Å². The Morgan fingerprint density at radius 3 is 2.47 bits per heavy atom. The van der Waals surface area contributed by atoms with Gasteiger partial charge in [0.05, 0.1) is 18.1 Å². The van der Waals surface area contributed by atoms with E-state index in [2.05, 4.69) is 6.58 Å². The molecule has 0 N–H and O–H groups in total. The molecule has 1 saturated heterocycles. The third-order valence-electron chi connectivity index (χ3n) is 4.32. The van der Waals surface area contributed by atoms with Crippen LogP contribution < -0.4 is 9.47 Å². The van der Waals surface area contributed by atoms with Crippen molar-refractivity contribution in [3.05, 3.63) is 76.2 Å². The molecule has 2 aromatic rings. The topological polar surface area (TPSA) is 38.8 Å². The van der Waals surface area contributed by atoms with Gasteiger partial charge >= 0.3 is 0 Å². The fraction of sp³-hybridized carbons (Fsp3) is 0.217. The first-order chi connectivity index (χ1) is 14.5.